The maximum absolute atomic E-state index is 10.8. The second-order valence-electron chi connectivity index (χ2n) is 5.30. The summed E-state index contributed by atoms with van der Waals surface area (Å²) < 4.78 is 5.62. The lowest BCUT2D eigenvalue weighted by molar-refractivity contribution is -0.384. The number of nitrogens with zero attached hydrogens (tertiary/aromatic N) is 3. The van der Waals surface area contributed by atoms with E-state index in [1.54, 1.807) is 12.1 Å². The zero-order valence-electron chi connectivity index (χ0n) is 13.4. The van der Waals surface area contributed by atoms with Crippen LogP contribution in [0.4, 0.5) is 11.4 Å². The van der Waals surface area contributed by atoms with E-state index < -0.39 is 4.92 Å². The van der Waals surface area contributed by atoms with Gasteiger partial charge in [-0.1, -0.05) is 0 Å². The Hall–Kier alpha value is -3.09. The molecular weight excluding hydrogens is 310 g/mol. The molecule has 0 spiro atoms. The first kappa shape index (κ1) is 15.8. The molecule has 0 radical (unpaired) electrons. The van der Waals surface area contributed by atoms with Gasteiger partial charge in [0.2, 0.25) is 5.89 Å². The van der Waals surface area contributed by atoms with Crippen molar-refractivity contribution in [1.29, 1.82) is 0 Å². The number of aromatic hydroxyl groups is 1. The molecule has 2 aromatic carbocycles. The van der Waals surface area contributed by atoms with Crippen molar-refractivity contribution in [3.63, 3.8) is 0 Å². The Bertz CT molecular complexity index is 900. The lowest BCUT2D eigenvalue weighted by atomic mass is 10.1. The standard InChI is InChI=1S/C17H17N3O4/c1-3-19(4-2)11-5-7-13(15(21)10-11)17-18-14-9-12(20(22)23)6-8-16(14)24-17/h5-10,21H,3-4H2,1-2H3. The van der Waals surface area contributed by atoms with Gasteiger partial charge in [-0.05, 0) is 32.0 Å². The maximum Gasteiger partial charge on any atom is 0.271 e. The normalized spacial score (nSPS) is 10.9. The fourth-order valence-electron chi connectivity index (χ4n) is 2.63. The molecule has 1 N–H and O–H groups in total. The summed E-state index contributed by atoms with van der Waals surface area (Å²) in [4.78, 5) is 16.7. The number of oxazole rings is 1. The SMILES string of the molecule is CCN(CC)c1ccc(-c2nc3cc([N+](=O)[O-])ccc3o2)c(O)c1. The van der Waals surface area contributed by atoms with E-state index in [1.165, 1.54) is 18.2 Å². The maximum atomic E-state index is 10.8. The molecule has 7 nitrogen and oxygen atoms in total. The second kappa shape index (κ2) is 6.19. The lowest BCUT2D eigenvalue weighted by Crippen LogP contribution is -2.21. The minimum atomic E-state index is -0.482. The van der Waals surface area contributed by atoms with E-state index in [2.05, 4.69) is 9.88 Å². The second-order valence-corrected chi connectivity index (χ2v) is 5.30. The van der Waals surface area contributed by atoms with Crippen LogP contribution in [0.2, 0.25) is 0 Å². The molecule has 0 aliphatic rings. The van der Waals surface area contributed by atoms with Crippen LogP contribution in [-0.2, 0) is 0 Å². The molecule has 124 valence electrons. The van der Waals surface area contributed by atoms with Gasteiger partial charge in [-0.2, -0.15) is 0 Å². The molecular formula is C17H17N3O4. The molecule has 0 aliphatic heterocycles. The Morgan fingerprint density at radius 3 is 2.58 bits per heavy atom. The van der Waals surface area contributed by atoms with Crippen molar-refractivity contribution in [1.82, 2.24) is 4.98 Å². The van der Waals surface area contributed by atoms with Crippen molar-refractivity contribution in [2.75, 3.05) is 18.0 Å². The predicted octanol–water partition coefficient (Wildman–Crippen LogP) is 3.95. The number of aromatic nitrogens is 1. The number of fused-ring (bicyclic) bond motifs is 1. The number of benzene rings is 2. The van der Waals surface area contributed by atoms with Crippen LogP contribution in [0.5, 0.6) is 5.75 Å². The van der Waals surface area contributed by atoms with Gasteiger partial charge in [0.1, 0.15) is 11.3 Å². The number of hydrogen-bond donors (Lipinski definition) is 1. The highest BCUT2D eigenvalue weighted by Crippen LogP contribution is 2.34. The van der Waals surface area contributed by atoms with Gasteiger partial charge in [0.25, 0.3) is 5.69 Å². The highest BCUT2D eigenvalue weighted by atomic mass is 16.6. The summed E-state index contributed by atoms with van der Waals surface area (Å²) in [5.74, 6) is 0.287. The lowest BCUT2D eigenvalue weighted by Gasteiger charge is -2.21. The smallest absolute Gasteiger partial charge is 0.271 e. The number of phenolic OH excluding ortho intramolecular Hbond substituents is 1. The Kier molecular flexibility index (Phi) is 4.07. The molecule has 0 fully saturated rings. The van der Waals surface area contributed by atoms with Gasteiger partial charge in [-0.3, -0.25) is 10.1 Å². The molecule has 7 heteroatoms. The zero-order valence-corrected chi connectivity index (χ0v) is 13.4. The quantitative estimate of drug-likeness (QED) is 0.563. The number of non-ortho nitro benzene ring substituents is 1. The van der Waals surface area contributed by atoms with Gasteiger partial charge in [-0.25, -0.2) is 4.98 Å². The van der Waals surface area contributed by atoms with E-state index in [0.717, 1.165) is 18.8 Å². The molecule has 0 atom stereocenters. The van der Waals surface area contributed by atoms with Crippen molar-refractivity contribution in [2.24, 2.45) is 0 Å². The Balaban J connectivity index is 2.02. The van der Waals surface area contributed by atoms with Crippen LogP contribution in [0, 0.1) is 10.1 Å². The van der Waals surface area contributed by atoms with Gasteiger partial charge >= 0.3 is 0 Å². The average molecular weight is 327 g/mol. The van der Waals surface area contributed by atoms with E-state index in [1.807, 2.05) is 19.9 Å². The molecule has 24 heavy (non-hydrogen) atoms. The third-order valence-corrected chi connectivity index (χ3v) is 3.92. The van der Waals surface area contributed by atoms with E-state index >= 15 is 0 Å². The summed E-state index contributed by atoms with van der Waals surface area (Å²) in [7, 11) is 0. The van der Waals surface area contributed by atoms with Gasteiger partial charge in [0.15, 0.2) is 5.58 Å². The molecule has 1 heterocycles. The Morgan fingerprint density at radius 1 is 1.21 bits per heavy atom. The van der Waals surface area contributed by atoms with Crippen LogP contribution in [-0.4, -0.2) is 28.1 Å². The van der Waals surface area contributed by atoms with E-state index in [4.69, 9.17) is 4.42 Å². The first-order chi connectivity index (χ1) is 11.5. The molecule has 0 bridgehead atoms. The van der Waals surface area contributed by atoms with Crippen molar-refractivity contribution >= 4 is 22.5 Å². The number of phenols is 1. The largest absolute Gasteiger partial charge is 0.507 e. The summed E-state index contributed by atoms with van der Waals surface area (Å²) in [6.45, 7) is 5.76. The molecule has 3 aromatic rings. The predicted molar refractivity (Wildman–Crippen MR) is 91.3 cm³/mol. The van der Waals surface area contributed by atoms with Crippen LogP contribution in [0.25, 0.3) is 22.6 Å². The van der Waals surface area contributed by atoms with Crippen LogP contribution in [0.15, 0.2) is 40.8 Å². The van der Waals surface area contributed by atoms with E-state index in [-0.39, 0.29) is 17.3 Å². The third-order valence-electron chi connectivity index (χ3n) is 3.92. The van der Waals surface area contributed by atoms with Crippen LogP contribution >= 0.6 is 0 Å². The minimum Gasteiger partial charge on any atom is -0.507 e. The summed E-state index contributed by atoms with van der Waals surface area (Å²) in [6.07, 6.45) is 0. The first-order valence-electron chi connectivity index (χ1n) is 7.66. The number of nitro groups is 1. The molecule has 0 unspecified atom stereocenters. The van der Waals surface area contributed by atoms with Crippen molar-refractivity contribution in [2.45, 2.75) is 13.8 Å². The summed E-state index contributed by atoms with van der Waals surface area (Å²) >= 11 is 0. The summed E-state index contributed by atoms with van der Waals surface area (Å²) in [5, 5.41) is 21.2. The van der Waals surface area contributed by atoms with E-state index in [9.17, 15) is 15.2 Å². The van der Waals surface area contributed by atoms with E-state index in [0.29, 0.717) is 16.7 Å². The molecule has 1 aromatic heterocycles. The monoisotopic (exact) mass is 327 g/mol. The van der Waals surface area contributed by atoms with Crippen LogP contribution < -0.4 is 4.90 Å². The summed E-state index contributed by atoms with van der Waals surface area (Å²) in [6, 6.07) is 9.51. The summed E-state index contributed by atoms with van der Waals surface area (Å²) in [5.41, 5.74) is 2.12. The Labute approximate surface area is 138 Å². The highest BCUT2D eigenvalue weighted by Gasteiger charge is 2.16. The van der Waals surface area contributed by atoms with Crippen LogP contribution in [0.3, 0.4) is 0 Å². The molecule has 0 saturated carbocycles. The van der Waals surface area contributed by atoms with Gasteiger partial charge < -0.3 is 14.4 Å². The van der Waals surface area contributed by atoms with Gasteiger partial charge in [0, 0.05) is 37.0 Å². The number of nitro benzene ring substituents is 1. The van der Waals surface area contributed by atoms with Crippen LogP contribution in [0.1, 0.15) is 13.8 Å². The van der Waals surface area contributed by atoms with Crippen molar-refractivity contribution < 1.29 is 14.4 Å². The number of anilines is 1. The number of rotatable bonds is 5. The average Bonchev–Trinajstić information content (AvgIpc) is 2.98. The zero-order chi connectivity index (χ0) is 17.3. The van der Waals surface area contributed by atoms with Gasteiger partial charge in [0.05, 0.1) is 10.5 Å². The van der Waals surface area contributed by atoms with Crippen molar-refractivity contribution in [3.8, 4) is 17.2 Å². The Morgan fingerprint density at radius 2 is 1.96 bits per heavy atom. The molecule has 0 aliphatic carbocycles. The third kappa shape index (κ3) is 2.76. The number of hydrogen-bond acceptors (Lipinski definition) is 6. The highest BCUT2D eigenvalue weighted by molar-refractivity contribution is 5.80. The van der Waals surface area contributed by atoms with Gasteiger partial charge in [-0.15, -0.1) is 0 Å². The topological polar surface area (TPSA) is 92.6 Å². The molecule has 0 amide bonds. The van der Waals surface area contributed by atoms with Crippen molar-refractivity contribution in [3.05, 3.63) is 46.5 Å². The minimum absolute atomic E-state index is 0.0524. The fourth-order valence-corrected chi connectivity index (χ4v) is 2.63. The fraction of sp³-hybridized carbons (Fsp3) is 0.235. The first-order valence-corrected chi connectivity index (χ1v) is 7.66. The molecule has 0 saturated heterocycles. The molecule has 3 rings (SSSR count).